The van der Waals surface area contributed by atoms with Crippen molar-refractivity contribution in [3.05, 3.63) is 32.7 Å². The minimum atomic E-state index is -0.640. The number of carbonyl (C=O) groups is 1. The molecule has 1 aromatic carbocycles. The summed E-state index contributed by atoms with van der Waals surface area (Å²) >= 11 is 6.52. The number of aliphatic hydroxyl groups is 2. The molecule has 0 aliphatic carbocycles. The molecule has 1 rings (SSSR count). The maximum atomic E-state index is 11.8. The van der Waals surface area contributed by atoms with E-state index >= 15 is 0 Å². The van der Waals surface area contributed by atoms with E-state index in [9.17, 15) is 4.79 Å². The number of nitrogens with one attached hydrogen (secondary N) is 1. The largest absolute Gasteiger partial charge is 0.394 e. The fourth-order valence-electron chi connectivity index (χ4n) is 1.08. The minimum Gasteiger partial charge on any atom is -0.394 e. The van der Waals surface area contributed by atoms with Gasteiger partial charge in [0.15, 0.2) is 0 Å². The first kappa shape index (κ1) is 13.6. The van der Waals surface area contributed by atoms with Gasteiger partial charge in [-0.05, 0) is 34.1 Å². The zero-order valence-corrected chi connectivity index (χ0v) is 11.5. The lowest BCUT2D eigenvalue weighted by Crippen LogP contribution is -2.40. The Morgan fingerprint density at radius 2 is 1.94 bits per heavy atom. The molecule has 0 aliphatic rings. The Morgan fingerprint density at radius 3 is 2.50 bits per heavy atom. The Labute approximate surface area is 110 Å². The summed E-state index contributed by atoms with van der Waals surface area (Å²) in [5.41, 5.74) is 0.446. The quantitative estimate of drug-likeness (QED) is 0.764. The second-order valence-corrected chi connectivity index (χ2v) is 4.93. The van der Waals surface area contributed by atoms with E-state index < -0.39 is 6.04 Å². The van der Waals surface area contributed by atoms with Crippen LogP contribution in [0.1, 0.15) is 10.4 Å². The second-order valence-electron chi connectivity index (χ2n) is 3.16. The van der Waals surface area contributed by atoms with Crippen LogP contribution in [0.2, 0.25) is 0 Å². The maximum Gasteiger partial charge on any atom is 0.252 e. The Bertz CT molecular complexity index is 380. The number of hydrogen-bond acceptors (Lipinski definition) is 3. The third-order valence-corrected chi connectivity index (χ3v) is 3.13. The molecule has 0 aromatic heterocycles. The van der Waals surface area contributed by atoms with Crippen LogP contribution in [0.5, 0.6) is 0 Å². The Kier molecular flexibility index (Phi) is 5.40. The molecule has 4 nitrogen and oxygen atoms in total. The average Bonchev–Trinajstić information content (AvgIpc) is 2.28. The van der Waals surface area contributed by atoms with Gasteiger partial charge in [-0.15, -0.1) is 0 Å². The number of hydrogen-bond donors (Lipinski definition) is 3. The highest BCUT2D eigenvalue weighted by Gasteiger charge is 2.14. The van der Waals surface area contributed by atoms with Gasteiger partial charge in [0.25, 0.3) is 5.91 Å². The van der Waals surface area contributed by atoms with Gasteiger partial charge in [0.2, 0.25) is 0 Å². The Hall–Kier alpha value is -0.430. The highest BCUT2D eigenvalue weighted by atomic mass is 79.9. The van der Waals surface area contributed by atoms with Gasteiger partial charge in [-0.25, -0.2) is 0 Å². The number of halogens is 2. The molecule has 0 radical (unpaired) electrons. The van der Waals surface area contributed by atoms with Crippen molar-refractivity contribution in [1.29, 1.82) is 0 Å². The lowest BCUT2D eigenvalue weighted by molar-refractivity contribution is 0.0878. The molecule has 0 saturated heterocycles. The van der Waals surface area contributed by atoms with Crippen molar-refractivity contribution in [2.24, 2.45) is 0 Å². The van der Waals surface area contributed by atoms with Crippen molar-refractivity contribution in [2.75, 3.05) is 13.2 Å². The van der Waals surface area contributed by atoms with Crippen molar-refractivity contribution in [3.63, 3.8) is 0 Å². The molecule has 88 valence electrons. The first-order valence-corrected chi connectivity index (χ1v) is 6.14. The topological polar surface area (TPSA) is 69.6 Å². The van der Waals surface area contributed by atoms with Gasteiger partial charge in [-0.1, -0.05) is 15.9 Å². The van der Waals surface area contributed by atoms with Crippen LogP contribution in [-0.2, 0) is 0 Å². The number of carbonyl (C=O) groups excluding carboxylic acids is 1. The summed E-state index contributed by atoms with van der Waals surface area (Å²) in [5.74, 6) is -0.346. The monoisotopic (exact) mass is 351 g/mol. The Balaban J connectivity index is 2.83. The van der Waals surface area contributed by atoms with Crippen molar-refractivity contribution in [1.82, 2.24) is 5.32 Å². The van der Waals surface area contributed by atoms with Gasteiger partial charge in [0.05, 0.1) is 24.8 Å². The number of aliphatic hydroxyl groups excluding tert-OH is 2. The number of rotatable bonds is 4. The first-order chi connectivity index (χ1) is 7.58. The van der Waals surface area contributed by atoms with Gasteiger partial charge in [-0.3, -0.25) is 4.79 Å². The Morgan fingerprint density at radius 1 is 1.31 bits per heavy atom. The molecule has 0 unspecified atom stereocenters. The normalized spacial score (nSPS) is 10.6. The van der Waals surface area contributed by atoms with Crippen LogP contribution in [0, 0.1) is 0 Å². The fraction of sp³-hybridized carbons (Fsp3) is 0.300. The van der Waals surface area contributed by atoms with Crippen LogP contribution < -0.4 is 5.32 Å². The van der Waals surface area contributed by atoms with E-state index in [1.54, 1.807) is 18.2 Å². The zero-order chi connectivity index (χ0) is 12.1. The molecular formula is C10H11Br2NO3. The zero-order valence-electron chi connectivity index (χ0n) is 8.28. The van der Waals surface area contributed by atoms with Crippen LogP contribution in [0.15, 0.2) is 27.1 Å². The van der Waals surface area contributed by atoms with Gasteiger partial charge in [-0.2, -0.15) is 0 Å². The van der Waals surface area contributed by atoms with Crippen molar-refractivity contribution >= 4 is 37.8 Å². The van der Waals surface area contributed by atoms with Crippen LogP contribution >= 0.6 is 31.9 Å². The molecule has 0 heterocycles. The van der Waals surface area contributed by atoms with Crippen LogP contribution in [-0.4, -0.2) is 35.4 Å². The van der Waals surface area contributed by atoms with E-state index in [0.29, 0.717) is 10.0 Å². The van der Waals surface area contributed by atoms with Gasteiger partial charge < -0.3 is 15.5 Å². The van der Waals surface area contributed by atoms with E-state index in [4.69, 9.17) is 10.2 Å². The first-order valence-electron chi connectivity index (χ1n) is 4.56. The van der Waals surface area contributed by atoms with Crippen molar-refractivity contribution in [3.8, 4) is 0 Å². The van der Waals surface area contributed by atoms with E-state index in [1.165, 1.54) is 0 Å². The highest BCUT2D eigenvalue weighted by molar-refractivity contribution is 9.11. The summed E-state index contributed by atoms with van der Waals surface area (Å²) in [7, 11) is 0. The standard InChI is InChI=1S/C10H11Br2NO3/c11-6-1-2-9(12)8(3-6)10(16)13-7(4-14)5-15/h1-3,7,14-15H,4-5H2,(H,13,16). The smallest absolute Gasteiger partial charge is 0.252 e. The van der Waals surface area contributed by atoms with E-state index in [2.05, 4.69) is 37.2 Å². The second kappa shape index (κ2) is 6.34. The molecule has 0 spiro atoms. The average molecular weight is 353 g/mol. The molecule has 0 aliphatic heterocycles. The highest BCUT2D eigenvalue weighted by Crippen LogP contribution is 2.21. The lowest BCUT2D eigenvalue weighted by Gasteiger charge is -2.14. The van der Waals surface area contributed by atoms with E-state index in [1.807, 2.05) is 0 Å². The molecule has 3 N–H and O–H groups in total. The minimum absolute atomic E-state index is 0.298. The summed E-state index contributed by atoms with van der Waals surface area (Å²) in [5, 5.41) is 20.2. The maximum absolute atomic E-state index is 11.8. The van der Waals surface area contributed by atoms with E-state index in [0.717, 1.165) is 4.47 Å². The summed E-state index contributed by atoms with van der Waals surface area (Å²) in [4.78, 5) is 11.8. The van der Waals surface area contributed by atoms with Crippen molar-refractivity contribution < 1.29 is 15.0 Å². The molecule has 1 aromatic rings. The third kappa shape index (κ3) is 3.55. The molecule has 0 atom stereocenters. The van der Waals surface area contributed by atoms with Gasteiger partial charge >= 0.3 is 0 Å². The number of amides is 1. The predicted octanol–water partition coefficient (Wildman–Crippen LogP) is 1.29. The SMILES string of the molecule is O=C(NC(CO)CO)c1cc(Br)ccc1Br. The summed E-state index contributed by atoms with van der Waals surface area (Å²) < 4.78 is 1.44. The fourth-order valence-corrected chi connectivity index (χ4v) is 1.87. The van der Waals surface area contributed by atoms with Crippen LogP contribution in [0.4, 0.5) is 0 Å². The third-order valence-electron chi connectivity index (χ3n) is 1.95. The van der Waals surface area contributed by atoms with Crippen LogP contribution in [0.25, 0.3) is 0 Å². The molecule has 1 amide bonds. The molecule has 0 saturated carbocycles. The molecular weight excluding hydrogens is 342 g/mol. The molecule has 0 bridgehead atoms. The van der Waals surface area contributed by atoms with Gasteiger partial charge in [0.1, 0.15) is 0 Å². The lowest BCUT2D eigenvalue weighted by atomic mass is 10.2. The molecule has 0 fully saturated rings. The van der Waals surface area contributed by atoms with E-state index in [-0.39, 0.29) is 19.1 Å². The molecule has 16 heavy (non-hydrogen) atoms. The van der Waals surface area contributed by atoms with Gasteiger partial charge in [0, 0.05) is 8.95 Å². The number of benzene rings is 1. The predicted molar refractivity (Wildman–Crippen MR) is 67.3 cm³/mol. The van der Waals surface area contributed by atoms with Crippen LogP contribution in [0.3, 0.4) is 0 Å². The summed E-state index contributed by atoms with van der Waals surface area (Å²) in [6.07, 6.45) is 0. The summed E-state index contributed by atoms with van der Waals surface area (Å²) in [6.45, 7) is -0.596. The summed E-state index contributed by atoms with van der Waals surface area (Å²) in [6, 6.07) is 4.56. The van der Waals surface area contributed by atoms with Crippen molar-refractivity contribution in [2.45, 2.75) is 6.04 Å². The molecule has 6 heteroatoms.